The van der Waals surface area contributed by atoms with Gasteiger partial charge in [-0.05, 0) is 58.6 Å². The van der Waals surface area contributed by atoms with E-state index >= 15 is 0 Å². The monoisotopic (exact) mass is 606 g/mol. The van der Waals surface area contributed by atoms with Gasteiger partial charge in [-0.1, -0.05) is 80.9 Å². The van der Waals surface area contributed by atoms with Crippen LogP contribution in [0.3, 0.4) is 0 Å². The summed E-state index contributed by atoms with van der Waals surface area (Å²) in [5.74, 6) is -2.30. The highest BCUT2D eigenvalue weighted by molar-refractivity contribution is 5.94. The number of ether oxygens (including phenoxy) is 2. The van der Waals surface area contributed by atoms with Crippen molar-refractivity contribution in [3.63, 3.8) is 0 Å². The summed E-state index contributed by atoms with van der Waals surface area (Å²) in [6.45, 7) is 13.5. The van der Waals surface area contributed by atoms with E-state index in [0.29, 0.717) is 12.0 Å². The second kappa shape index (κ2) is 15.9. The average molecular weight is 607 g/mol. The molecule has 0 spiro atoms. The smallest absolute Gasteiger partial charge is 0.408 e. The van der Waals surface area contributed by atoms with E-state index in [9.17, 15) is 24.4 Å². The van der Waals surface area contributed by atoms with Crippen LogP contribution < -0.4 is 10.6 Å². The number of nitrogens with one attached hydrogen (secondary N) is 2. The zero-order chi connectivity index (χ0) is 33.1. The van der Waals surface area contributed by atoms with Crippen molar-refractivity contribution in [3.8, 4) is 6.07 Å². The number of alkyl carbamates (subject to hydrolysis) is 1. The molecule has 2 N–H and O–H groups in total. The Balaban J connectivity index is 2.55. The summed E-state index contributed by atoms with van der Waals surface area (Å²) in [5, 5.41) is 15.3. The standard InChI is InChI=1S/C34H46N4O6/c1-9-23(2)27(37-32(42)44-34(6,7)8)30(40)38(21-20-35)28(25-18-14-11-15-19-25)29(39)36-26(31(41)43-33(3,4)5)22-24-16-12-10-13-17-24/h10-19,23,26-28H,9,21-22H2,1-8H3,(H,36,39)(H,37,42). The Hall–Kier alpha value is -4.39. The number of esters is 1. The maximum atomic E-state index is 14.2. The second-order valence-corrected chi connectivity index (χ2v) is 12.7. The zero-order valence-electron chi connectivity index (χ0n) is 27.0. The number of carbonyl (C=O) groups is 4. The first kappa shape index (κ1) is 35.8. The highest BCUT2D eigenvalue weighted by atomic mass is 16.6. The molecule has 0 aliphatic heterocycles. The topological polar surface area (TPSA) is 138 Å². The number of benzene rings is 2. The highest BCUT2D eigenvalue weighted by Crippen LogP contribution is 2.25. The SMILES string of the molecule is CCC(C)C(NC(=O)OC(C)(C)C)C(=O)N(CC#N)C(C(=O)NC(Cc1ccccc1)C(=O)OC(C)(C)C)c1ccccc1. The van der Waals surface area contributed by atoms with Gasteiger partial charge in [-0.3, -0.25) is 9.59 Å². The van der Waals surface area contributed by atoms with Crippen molar-refractivity contribution in [1.82, 2.24) is 15.5 Å². The van der Waals surface area contributed by atoms with E-state index in [4.69, 9.17) is 9.47 Å². The molecule has 10 heteroatoms. The third kappa shape index (κ3) is 11.4. The molecule has 3 amide bonds. The van der Waals surface area contributed by atoms with E-state index in [1.165, 1.54) is 0 Å². The first-order valence-corrected chi connectivity index (χ1v) is 14.8. The van der Waals surface area contributed by atoms with Crippen LogP contribution >= 0.6 is 0 Å². The fraction of sp³-hybridized carbons (Fsp3) is 0.500. The van der Waals surface area contributed by atoms with Crippen LogP contribution in [0.1, 0.15) is 79.0 Å². The van der Waals surface area contributed by atoms with Crippen molar-refractivity contribution < 1.29 is 28.7 Å². The highest BCUT2D eigenvalue weighted by Gasteiger charge is 2.39. The first-order chi connectivity index (χ1) is 20.6. The van der Waals surface area contributed by atoms with Crippen LogP contribution in [0, 0.1) is 17.2 Å². The second-order valence-electron chi connectivity index (χ2n) is 12.7. The van der Waals surface area contributed by atoms with Crippen LogP contribution in [0.15, 0.2) is 60.7 Å². The Morgan fingerprint density at radius 1 is 0.864 bits per heavy atom. The maximum Gasteiger partial charge on any atom is 0.408 e. The van der Waals surface area contributed by atoms with Crippen LogP contribution in [0.5, 0.6) is 0 Å². The van der Waals surface area contributed by atoms with Gasteiger partial charge in [0.1, 0.15) is 35.9 Å². The summed E-state index contributed by atoms with van der Waals surface area (Å²) < 4.78 is 11.0. The lowest BCUT2D eigenvalue weighted by molar-refractivity contribution is -0.159. The molecule has 0 aromatic heterocycles. The molecule has 0 saturated heterocycles. The van der Waals surface area contributed by atoms with Crippen LogP contribution in [0.2, 0.25) is 0 Å². The molecule has 0 bridgehead atoms. The third-order valence-electron chi connectivity index (χ3n) is 6.64. The third-order valence-corrected chi connectivity index (χ3v) is 6.64. The van der Waals surface area contributed by atoms with Crippen LogP contribution in [-0.4, -0.2) is 58.6 Å². The molecule has 2 aromatic carbocycles. The zero-order valence-corrected chi connectivity index (χ0v) is 27.0. The minimum atomic E-state index is -1.30. The molecular formula is C34H46N4O6. The predicted octanol–water partition coefficient (Wildman–Crippen LogP) is 5.09. The lowest BCUT2D eigenvalue weighted by Crippen LogP contribution is -2.56. The normalized spacial score (nSPS) is 14.2. The van der Waals surface area contributed by atoms with E-state index in [0.717, 1.165) is 10.5 Å². The Kier molecular flexibility index (Phi) is 12.9. The Bertz CT molecular complexity index is 1300. The van der Waals surface area contributed by atoms with Crippen molar-refractivity contribution in [2.45, 2.75) is 97.6 Å². The largest absolute Gasteiger partial charge is 0.458 e. The number of amides is 3. The van der Waals surface area contributed by atoms with E-state index < -0.39 is 59.7 Å². The summed E-state index contributed by atoms with van der Waals surface area (Å²) in [6.07, 6.45) is -0.126. The van der Waals surface area contributed by atoms with Gasteiger partial charge >= 0.3 is 12.1 Å². The molecule has 0 fully saturated rings. The van der Waals surface area contributed by atoms with Crippen molar-refractivity contribution in [3.05, 3.63) is 71.8 Å². The summed E-state index contributed by atoms with van der Waals surface area (Å²) in [7, 11) is 0. The van der Waals surface area contributed by atoms with E-state index in [-0.39, 0.29) is 12.3 Å². The fourth-order valence-corrected chi connectivity index (χ4v) is 4.44. The van der Waals surface area contributed by atoms with Gasteiger partial charge in [0.25, 0.3) is 0 Å². The van der Waals surface area contributed by atoms with Crippen LogP contribution in [0.4, 0.5) is 4.79 Å². The number of nitrogens with zero attached hydrogens (tertiary/aromatic N) is 2. The molecule has 10 nitrogen and oxygen atoms in total. The summed E-state index contributed by atoms with van der Waals surface area (Å²) in [5.41, 5.74) is -0.393. The molecule has 0 aliphatic rings. The van der Waals surface area contributed by atoms with Crippen LogP contribution in [-0.2, 0) is 30.3 Å². The first-order valence-electron chi connectivity index (χ1n) is 14.8. The van der Waals surface area contributed by atoms with Gasteiger partial charge in [-0.25, -0.2) is 9.59 Å². The number of carbonyl (C=O) groups excluding carboxylic acids is 4. The summed E-state index contributed by atoms with van der Waals surface area (Å²) in [6, 6.07) is 16.2. The Morgan fingerprint density at radius 3 is 1.91 bits per heavy atom. The molecule has 0 saturated carbocycles. The van der Waals surface area contributed by atoms with Gasteiger partial charge in [-0.2, -0.15) is 5.26 Å². The lowest BCUT2D eigenvalue weighted by atomic mass is 9.95. The molecule has 4 atom stereocenters. The average Bonchev–Trinajstić information content (AvgIpc) is 2.94. The molecule has 238 valence electrons. The van der Waals surface area contributed by atoms with Crippen molar-refractivity contribution in [2.24, 2.45) is 5.92 Å². The van der Waals surface area contributed by atoms with Gasteiger partial charge < -0.3 is 25.0 Å². The molecular weight excluding hydrogens is 560 g/mol. The van der Waals surface area contributed by atoms with E-state index in [1.807, 2.05) is 43.3 Å². The quantitative estimate of drug-likeness (QED) is 0.254. The molecule has 2 rings (SSSR count). The van der Waals surface area contributed by atoms with Crippen LogP contribution in [0.25, 0.3) is 0 Å². The molecule has 4 unspecified atom stereocenters. The summed E-state index contributed by atoms with van der Waals surface area (Å²) >= 11 is 0. The van der Waals surface area contributed by atoms with Crippen molar-refractivity contribution >= 4 is 23.9 Å². The van der Waals surface area contributed by atoms with Gasteiger partial charge in [0.05, 0.1) is 6.07 Å². The van der Waals surface area contributed by atoms with E-state index in [1.54, 1.807) is 78.8 Å². The Morgan fingerprint density at radius 2 is 1.41 bits per heavy atom. The Labute approximate surface area is 261 Å². The van der Waals surface area contributed by atoms with Gasteiger partial charge in [-0.15, -0.1) is 0 Å². The molecule has 0 aliphatic carbocycles. The molecule has 44 heavy (non-hydrogen) atoms. The number of nitriles is 1. The van der Waals surface area contributed by atoms with Gasteiger partial charge in [0.15, 0.2) is 0 Å². The number of rotatable bonds is 12. The minimum absolute atomic E-state index is 0.144. The summed E-state index contributed by atoms with van der Waals surface area (Å²) in [4.78, 5) is 55.6. The predicted molar refractivity (Wildman–Crippen MR) is 167 cm³/mol. The van der Waals surface area contributed by atoms with Gasteiger partial charge in [0.2, 0.25) is 11.8 Å². The maximum absolute atomic E-state index is 14.2. The molecule has 2 aromatic rings. The van der Waals surface area contributed by atoms with Gasteiger partial charge in [0, 0.05) is 6.42 Å². The number of hydrogen-bond acceptors (Lipinski definition) is 7. The van der Waals surface area contributed by atoms with Crippen molar-refractivity contribution in [1.29, 1.82) is 5.26 Å². The molecule has 0 radical (unpaired) electrons. The minimum Gasteiger partial charge on any atom is -0.458 e. The number of hydrogen-bond donors (Lipinski definition) is 2. The van der Waals surface area contributed by atoms with E-state index in [2.05, 4.69) is 10.6 Å². The lowest BCUT2D eigenvalue weighted by Gasteiger charge is -2.35. The molecule has 0 heterocycles. The van der Waals surface area contributed by atoms with Crippen molar-refractivity contribution in [2.75, 3.05) is 6.54 Å². The fourth-order valence-electron chi connectivity index (χ4n) is 4.44.